The molecule has 0 radical (unpaired) electrons. The Bertz CT molecular complexity index is 503. The molecule has 1 aromatic heterocycles. The second-order valence-corrected chi connectivity index (χ2v) is 4.60. The van der Waals surface area contributed by atoms with Crippen molar-refractivity contribution < 1.29 is 0 Å². The minimum absolute atomic E-state index is 0.698. The van der Waals surface area contributed by atoms with E-state index in [1.165, 1.54) is 11.1 Å². The van der Waals surface area contributed by atoms with Gasteiger partial charge < -0.3 is 5.32 Å². The van der Waals surface area contributed by atoms with Crippen LogP contribution in [-0.2, 0) is 6.54 Å². The predicted molar refractivity (Wildman–Crippen MR) is 72.5 cm³/mol. The van der Waals surface area contributed by atoms with Crippen molar-refractivity contribution >= 4 is 17.3 Å². The summed E-state index contributed by atoms with van der Waals surface area (Å²) >= 11 is 6.05. The molecule has 0 aliphatic carbocycles. The summed E-state index contributed by atoms with van der Waals surface area (Å²) in [5.74, 6) is 0. The molecule has 17 heavy (non-hydrogen) atoms. The van der Waals surface area contributed by atoms with Crippen LogP contribution in [0.3, 0.4) is 0 Å². The fraction of sp³-hybridized carbons (Fsp3) is 0.214. The highest BCUT2D eigenvalue weighted by Gasteiger charge is 2.00. The van der Waals surface area contributed by atoms with Gasteiger partial charge in [0.05, 0.1) is 5.02 Å². The first-order valence-electron chi connectivity index (χ1n) is 5.56. The summed E-state index contributed by atoms with van der Waals surface area (Å²) in [7, 11) is 0. The van der Waals surface area contributed by atoms with Crippen LogP contribution in [0.25, 0.3) is 0 Å². The summed E-state index contributed by atoms with van der Waals surface area (Å²) in [6, 6.07) is 8.34. The van der Waals surface area contributed by atoms with E-state index in [0.717, 1.165) is 11.3 Å². The maximum absolute atomic E-state index is 6.05. The lowest BCUT2D eigenvalue weighted by Crippen LogP contribution is -2.00. The average Bonchev–Trinajstić information content (AvgIpc) is 2.27. The molecule has 0 saturated heterocycles. The Balaban J connectivity index is 2.10. The molecule has 0 fully saturated rings. The van der Waals surface area contributed by atoms with Crippen LogP contribution in [0.4, 0.5) is 5.69 Å². The third kappa shape index (κ3) is 3.21. The predicted octanol–water partition coefficient (Wildman–Crippen LogP) is 3.96. The molecule has 1 heterocycles. The van der Waals surface area contributed by atoms with Crippen LogP contribution >= 0.6 is 11.6 Å². The van der Waals surface area contributed by atoms with Gasteiger partial charge in [-0.15, -0.1) is 0 Å². The highest BCUT2D eigenvalue weighted by atomic mass is 35.5. The zero-order valence-electron chi connectivity index (χ0n) is 10.00. The van der Waals surface area contributed by atoms with Crippen LogP contribution < -0.4 is 5.32 Å². The Morgan fingerprint density at radius 2 is 1.88 bits per heavy atom. The monoisotopic (exact) mass is 246 g/mol. The molecule has 0 unspecified atom stereocenters. The lowest BCUT2D eigenvalue weighted by atomic mass is 10.1. The van der Waals surface area contributed by atoms with Crippen LogP contribution in [0.2, 0.25) is 5.02 Å². The maximum atomic E-state index is 6.05. The number of nitrogens with zero attached hydrogens (tertiary/aromatic N) is 1. The first kappa shape index (κ1) is 11.9. The van der Waals surface area contributed by atoms with E-state index in [-0.39, 0.29) is 0 Å². The molecular weight excluding hydrogens is 232 g/mol. The molecular formula is C14H15ClN2. The third-order valence-corrected chi connectivity index (χ3v) is 2.90. The fourth-order valence-corrected chi connectivity index (χ4v) is 2.01. The average molecular weight is 247 g/mol. The number of halogens is 1. The van der Waals surface area contributed by atoms with Crippen molar-refractivity contribution in [2.45, 2.75) is 20.4 Å². The van der Waals surface area contributed by atoms with E-state index in [1.54, 1.807) is 12.4 Å². The Morgan fingerprint density at radius 1 is 1.18 bits per heavy atom. The molecule has 0 saturated carbocycles. The maximum Gasteiger partial charge on any atom is 0.0639 e. The summed E-state index contributed by atoms with van der Waals surface area (Å²) in [5.41, 5.74) is 4.69. The summed E-state index contributed by atoms with van der Waals surface area (Å²) in [5, 5.41) is 4.07. The molecule has 3 heteroatoms. The third-order valence-electron chi connectivity index (χ3n) is 2.56. The number of aryl methyl sites for hydroxylation is 2. The minimum Gasteiger partial charge on any atom is -0.381 e. The highest BCUT2D eigenvalue weighted by molar-refractivity contribution is 6.31. The number of hydrogen-bond acceptors (Lipinski definition) is 2. The van der Waals surface area contributed by atoms with E-state index < -0.39 is 0 Å². The molecule has 1 aromatic carbocycles. The number of pyridine rings is 1. The van der Waals surface area contributed by atoms with E-state index in [0.29, 0.717) is 11.6 Å². The highest BCUT2D eigenvalue weighted by Crippen LogP contribution is 2.18. The minimum atomic E-state index is 0.698. The molecule has 0 aliphatic heterocycles. The summed E-state index contributed by atoms with van der Waals surface area (Å²) in [4.78, 5) is 3.97. The van der Waals surface area contributed by atoms with Gasteiger partial charge in [0, 0.05) is 24.6 Å². The van der Waals surface area contributed by atoms with Gasteiger partial charge in [0.15, 0.2) is 0 Å². The molecule has 0 bridgehead atoms. The number of hydrogen-bond donors (Lipinski definition) is 1. The van der Waals surface area contributed by atoms with E-state index >= 15 is 0 Å². The second kappa shape index (κ2) is 5.19. The van der Waals surface area contributed by atoms with E-state index in [2.05, 4.69) is 42.3 Å². The van der Waals surface area contributed by atoms with Gasteiger partial charge in [-0.2, -0.15) is 0 Å². The van der Waals surface area contributed by atoms with Gasteiger partial charge in [0.2, 0.25) is 0 Å². The quantitative estimate of drug-likeness (QED) is 0.887. The molecule has 0 atom stereocenters. The van der Waals surface area contributed by atoms with Crippen molar-refractivity contribution in [2.24, 2.45) is 0 Å². The molecule has 2 rings (SSSR count). The fourth-order valence-electron chi connectivity index (χ4n) is 1.82. The Morgan fingerprint density at radius 3 is 2.53 bits per heavy atom. The number of aromatic nitrogens is 1. The van der Waals surface area contributed by atoms with Gasteiger partial charge >= 0.3 is 0 Å². The zero-order valence-corrected chi connectivity index (χ0v) is 10.8. The normalized spacial score (nSPS) is 10.3. The van der Waals surface area contributed by atoms with Crippen LogP contribution in [0.15, 0.2) is 36.7 Å². The number of benzene rings is 1. The molecule has 1 N–H and O–H groups in total. The van der Waals surface area contributed by atoms with Crippen LogP contribution in [0.5, 0.6) is 0 Å². The topological polar surface area (TPSA) is 24.9 Å². The van der Waals surface area contributed by atoms with E-state index in [9.17, 15) is 0 Å². The van der Waals surface area contributed by atoms with Crippen molar-refractivity contribution in [3.05, 3.63) is 58.4 Å². The Labute approximate surface area is 107 Å². The first-order chi connectivity index (χ1) is 8.15. The molecule has 0 amide bonds. The lowest BCUT2D eigenvalue weighted by Gasteiger charge is -2.09. The lowest BCUT2D eigenvalue weighted by molar-refractivity contribution is 1.12. The zero-order chi connectivity index (χ0) is 12.3. The smallest absolute Gasteiger partial charge is 0.0639 e. The van der Waals surface area contributed by atoms with Crippen LogP contribution in [-0.4, -0.2) is 4.98 Å². The number of rotatable bonds is 3. The van der Waals surface area contributed by atoms with Crippen molar-refractivity contribution in [3.8, 4) is 0 Å². The molecule has 2 nitrogen and oxygen atoms in total. The summed E-state index contributed by atoms with van der Waals surface area (Å²) in [6.45, 7) is 4.90. The number of anilines is 1. The van der Waals surface area contributed by atoms with Gasteiger partial charge in [-0.1, -0.05) is 17.7 Å². The number of nitrogens with one attached hydrogen (secondary N) is 1. The first-order valence-corrected chi connectivity index (χ1v) is 5.93. The second-order valence-electron chi connectivity index (χ2n) is 4.20. The van der Waals surface area contributed by atoms with Gasteiger partial charge in [-0.3, -0.25) is 4.98 Å². The summed E-state index contributed by atoms with van der Waals surface area (Å²) < 4.78 is 0. The molecule has 88 valence electrons. The van der Waals surface area contributed by atoms with E-state index in [1.807, 2.05) is 6.07 Å². The van der Waals surface area contributed by atoms with Crippen molar-refractivity contribution in [3.63, 3.8) is 0 Å². The molecule has 2 aromatic rings. The van der Waals surface area contributed by atoms with Gasteiger partial charge in [0.1, 0.15) is 0 Å². The SMILES string of the molecule is Cc1cc(C)cc(NCc2ccncc2Cl)c1. The van der Waals surface area contributed by atoms with Crippen LogP contribution in [0.1, 0.15) is 16.7 Å². The molecule has 0 spiro atoms. The van der Waals surface area contributed by atoms with Crippen LogP contribution in [0, 0.1) is 13.8 Å². The van der Waals surface area contributed by atoms with Crippen molar-refractivity contribution in [1.82, 2.24) is 4.98 Å². The van der Waals surface area contributed by atoms with Crippen molar-refractivity contribution in [1.29, 1.82) is 0 Å². The standard InChI is InChI=1S/C14H15ClN2/c1-10-5-11(2)7-13(6-10)17-8-12-3-4-16-9-14(12)15/h3-7,9,17H,8H2,1-2H3. The molecule has 0 aliphatic rings. The van der Waals surface area contributed by atoms with Crippen molar-refractivity contribution in [2.75, 3.05) is 5.32 Å². The van der Waals surface area contributed by atoms with Gasteiger partial charge in [-0.05, 0) is 48.7 Å². The van der Waals surface area contributed by atoms with E-state index in [4.69, 9.17) is 11.6 Å². The van der Waals surface area contributed by atoms with Gasteiger partial charge in [-0.25, -0.2) is 0 Å². The van der Waals surface area contributed by atoms with Gasteiger partial charge in [0.25, 0.3) is 0 Å². The summed E-state index contributed by atoms with van der Waals surface area (Å²) in [6.07, 6.45) is 3.42. The Kier molecular flexibility index (Phi) is 3.64. The largest absolute Gasteiger partial charge is 0.381 e. The Hall–Kier alpha value is -1.54.